The predicted octanol–water partition coefficient (Wildman–Crippen LogP) is 5.10. The number of rotatable bonds is 10. The van der Waals surface area contributed by atoms with Crippen molar-refractivity contribution in [3.63, 3.8) is 0 Å². The van der Waals surface area contributed by atoms with E-state index in [1.165, 1.54) is 17.8 Å². The molecule has 0 fully saturated rings. The summed E-state index contributed by atoms with van der Waals surface area (Å²) in [7, 11) is 1.56. The zero-order chi connectivity index (χ0) is 23.6. The van der Waals surface area contributed by atoms with Crippen LogP contribution in [0.5, 0.6) is 0 Å². The Bertz CT molecular complexity index is 1080. The van der Waals surface area contributed by atoms with Crippen LogP contribution in [0.3, 0.4) is 0 Å². The minimum absolute atomic E-state index is 0.122. The number of nitrogens with zero attached hydrogens (tertiary/aromatic N) is 1. The second-order valence-electron chi connectivity index (χ2n) is 7.56. The number of amides is 2. The molecule has 0 spiro atoms. The largest absolute Gasteiger partial charge is 0.357 e. The van der Waals surface area contributed by atoms with Gasteiger partial charge in [-0.2, -0.15) is 0 Å². The second-order valence-corrected chi connectivity index (χ2v) is 8.98. The Morgan fingerprint density at radius 3 is 2.39 bits per heavy atom. The Hall–Kier alpha value is -2.83. The number of benzene rings is 3. The van der Waals surface area contributed by atoms with Gasteiger partial charge in [0.1, 0.15) is 11.9 Å². The van der Waals surface area contributed by atoms with Crippen molar-refractivity contribution >= 4 is 35.2 Å². The van der Waals surface area contributed by atoms with E-state index in [4.69, 9.17) is 11.6 Å². The Kier molecular flexibility index (Phi) is 9.34. The van der Waals surface area contributed by atoms with Crippen LogP contribution in [0.1, 0.15) is 16.7 Å². The number of thioether (sulfide) groups is 1. The summed E-state index contributed by atoms with van der Waals surface area (Å²) < 4.78 is 13.9. The first-order valence-corrected chi connectivity index (χ1v) is 12.1. The number of likely N-dealkylation sites (N-methyl/N-ethyl adjacent to an activating group) is 1. The van der Waals surface area contributed by atoms with E-state index in [2.05, 4.69) is 5.32 Å². The smallest absolute Gasteiger partial charge is 0.242 e. The fourth-order valence-electron chi connectivity index (χ4n) is 3.50. The maximum absolute atomic E-state index is 13.9. The molecular formula is C26H26ClFN2O2S. The summed E-state index contributed by atoms with van der Waals surface area (Å²) in [5.41, 5.74) is 2.33. The zero-order valence-corrected chi connectivity index (χ0v) is 19.9. The summed E-state index contributed by atoms with van der Waals surface area (Å²) in [6.45, 7) is 0.241. The van der Waals surface area contributed by atoms with E-state index in [0.29, 0.717) is 22.8 Å². The third-order valence-corrected chi connectivity index (χ3v) is 6.40. The van der Waals surface area contributed by atoms with Crippen molar-refractivity contribution in [2.75, 3.05) is 12.8 Å². The van der Waals surface area contributed by atoms with Crippen molar-refractivity contribution in [1.29, 1.82) is 0 Å². The molecule has 0 saturated heterocycles. The highest BCUT2D eigenvalue weighted by Crippen LogP contribution is 2.20. The fraction of sp³-hybridized carbons (Fsp3) is 0.231. The maximum Gasteiger partial charge on any atom is 0.242 e. The molecule has 0 heterocycles. The maximum atomic E-state index is 13.9. The molecule has 0 aliphatic carbocycles. The van der Waals surface area contributed by atoms with Crippen molar-refractivity contribution in [3.05, 3.63) is 106 Å². The van der Waals surface area contributed by atoms with E-state index >= 15 is 0 Å². The van der Waals surface area contributed by atoms with Gasteiger partial charge in [0.2, 0.25) is 11.8 Å². The van der Waals surface area contributed by atoms with E-state index in [-0.39, 0.29) is 29.9 Å². The molecule has 172 valence electrons. The molecule has 33 heavy (non-hydrogen) atoms. The van der Waals surface area contributed by atoms with E-state index < -0.39 is 6.04 Å². The average Bonchev–Trinajstić information content (AvgIpc) is 2.82. The van der Waals surface area contributed by atoms with Crippen LogP contribution in [-0.2, 0) is 28.3 Å². The quantitative estimate of drug-likeness (QED) is 0.435. The first-order valence-electron chi connectivity index (χ1n) is 10.6. The molecule has 1 N–H and O–H groups in total. The lowest BCUT2D eigenvalue weighted by Gasteiger charge is -2.31. The van der Waals surface area contributed by atoms with Crippen LogP contribution in [0.2, 0.25) is 5.02 Å². The summed E-state index contributed by atoms with van der Waals surface area (Å²) in [5.74, 6) is -0.237. The number of carbonyl (C=O) groups excluding carboxylic acids is 2. The number of hydrogen-bond donors (Lipinski definition) is 1. The molecule has 4 nitrogen and oxygen atoms in total. The van der Waals surface area contributed by atoms with Gasteiger partial charge >= 0.3 is 0 Å². The lowest BCUT2D eigenvalue weighted by atomic mass is 10.0. The van der Waals surface area contributed by atoms with Gasteiger partial charge < -0.3 is 10.2 Å². The van der Waals surface area contributed by atoms with Gasteiger partial charge in [-0.3, -0.25) is 9.59 Å². The Morgan fingerprint density at radius 1 is 1.00 bits per heavy atom. The van der Waals surface area contributed by atoms with Gasteiger partial charge in [0.05, 0.1) is 5.75 Å². The molecule has 7 heteroatoms. The summed E-state index contributed by atoms with van der Waals surface area (Å²) in [6, 6.07) is 22.7. The molecule has 1 atom stereocenters. The van der Waals surface area contributed by atoms with Crippen molar-refractivity contribution in [2.45, 2.75) is 24.8 Å². The monoisotopic (exact) mass is 484 g/mol. The van der Waals surface area contributed by atoms with Gasteiger partial charge in [-0.1, -0.05) is 72.3 Å². The van der Waals surface area contributed by atoms with Gasteiger partial charge in [0, 0.05) is 30.8 Å². The zero-order valence-electron chi connectivity index (χ0n) is 18.3. The van der Waals surface area contributed by atoms with Crippen LogP contribution in [0.4, 0.5) is 4.39 Å². The molecule has 3 aromatic rings. The van der Waals surface area contributed by atoms with E-state index in [1.54, 1.807) is 42.3 Å². The highest BCUT2D eigenvalue weighted by atomic mass is 35.5. The van der Waals surface area contributed by atoms with Gasteiger partial charge in [-0.15, -0.1) is 11.8 Å². The molecule has 0 radical (unpaired) electrons. The highest BCUT2D eigenvalue weighted by molar-refractivity contribution is 7.99. The molecule has 2 amide bonds. The van der Waals surface area contributed by atoms with Crippen LogP contribution in [-0.4, -0.2) is 35.6 Å². The Morgan fingerprint density at radius 2 is 1.70 bits per heavy atom. The van der Waals surface area contributed by atoms with Gasteiger partial charge in [-0.25, -0.2) is 4.39 Å². The lowest BCUT2D eigenvalue weighted by Crippen LogP contribution is -2.50. The van der Waals surface area contributed by atoms with Crippen molar-refractivity contribution in [1.82, 2.24) is 10.2 Å². The highest BCUT2D eigenvalue weighted by Gasteiger charge is 2.29. The second kappa shape index (κ2) is 12.4. The van der Waals surface area contributed by atoms with Crippen molar-refractivity contribution in [2.24, 2.45) is 0 Å². The van der Waals surface area contributed by atoms with Gasteiger partial charge in [0.15, 0.2) is 0 Å². The summed E-state index contributed by atoms with van der Waals surface area (Å²) >= 11 is 7.48. The number of hydrogen-bond acceptors (Lipinski definition) is 3. The standard InChI is InChI=1S/C26H26ClFN2O2S/c1-29-26(32)24(15-19-8-3-2-4-9-19)30(16-20-10-7-12-22(27)14-20)25(31)18-33-17-21-11-5-6-13-23(21)28/h2-14,24H,15-18H2,1H3,(H,29,32)/t24-/m0/s1. The average molecular weight is 485 g/mol. The third-order valence-electron chi connectivity index (χ3n) is 5.20. The molecular weight excluding hydrogens is 459 g/mol. The summed E-state index contributed by atoms with van der Waals surface area (Å²) in [4.78, 5) is 27.8. The lowest BCUT2D eigenvalue weighted by molar-refractivity contribution is -0.139. The Balaban J connectivity index is 1.81. The molecule has 0 unspecified atom stereocenters. The van der Waals surface area contributed by atoms with Gasteiger partial charge in [-0.05, 0) is 34.9 Å². The number of carbonyl (C=O) groups is 2. The molecule has 0 aliphatic rings. The fourth-order valence-corrected chi connectivity index (χ4v) is 4.61. The summed E-state index contributed by atoms with van der Waals surface area (Å²) in [6.07, 6.45) is 0.380. The SMILES string of the molecule is CNC(=O)[C@H](Cc1ccccc1)N(Cc1cccc(Cl)c1)C(=O)CSCc1ccccc1F. The van der Waals surface area contributed by atoms with Crippen molar-refractivity contribution in [3.8, 4) is 0 Å². The molecule has 0 bridgehead atoms. The van der Waals surface area contributed by atoms with Crippen LogP contribution in [0.25, 0.3) is 0 Å². The minimum Gasteiger partial charge on any atom is -0.357 e. The van der Waals surface area contributed by atoms with Gasteiger partial charge in [0.25, 0.3) is 0 Å². The third kappa shape index (κ3) is 7.34. The Labute approximate surface area is 203 Å². The minimum atomic E-state index is -0.696. The molecule has 0 aromatic heterocycles. The summed E-state index contributed by atoms with van der Waals surface area (Å²) in [5, 5.41) is 3.26. The molecule has 0 aliphatic heterocycles. The van der Waals surface area contributed by atoms with E-state index in [0.717, 1.165) is 11.1 Å². The van der Waals surface area contributed by atoms with Crippen LogP contribution < -0.4 is 5.32 Å². The van der Waals surface area contributed by atoms with E-state index in [1.807, 2.05) is 42.5 Å². The topological polar surface area (TPSA) is 49.4 Å². The van der Waals surface area contributed by atoms with Crippen LogP contribution in [0.15, 0.2) is 78.9 Å². The van der Waals surface area contributed by atoms with Crippen molar-refractivity contribution < 1.29 is 14.0 Å². The number of nitrogens with one attached hydrogen (secondary N) is 1. The van der Waals surface area contributed by atoms with Crippen LogP contribution >= 0.6 is 23.4 Å². The molecule has 3 aromatic carbocycles. The van der Waals surface area contributed by atoms with Crippen LogP contribution in [0, 0.1) is 5.82 Å². The predicted molar refractivity (Wildman–Crippen MR) is 133 cm³/mol. The first-order chi connectivity index (χ1) is 16.0. The molecule has 0 saturated carbocycles. The first kappa shape index (κ1) is 24.8. The van der Waals surface area contributed by atoms with E-state index in [9.17, 15) is 14.0 Å². The normalized spacial score (nSPS) is 11.6. The molecule has 3 rings (SSSR count). The number of halogens is 2.